The standard InChI is InChI=1S/C21H25ClN2O4S/c1-24(28-2)29(26,27)19-11-5-16(6-12-19)20(25)23-15-21(13-3-4-14-21)17-7-9-18(22)10-8-17/h5-12H,3-4,13-15H2,1-2H3,(H,23,25). The van der Waals surface area contributed by atoms with Crippen LogP contribution in [0.1, 0.15) is 41.6 Å². The van der Waals surface area contributed by atoms with Gasteiger partial charge in [0.1, 0.15) is 0 Å². The van der Waals surface area contributed by atoms with Crippen LogP contribution in [-0.2, 0) is 20.3 Å². The van der Waals surface area contributed by atoms with Crippen molar-refractivity contribution in [1.29, 1.82) is 0 Å². The molecule has 0 unspecified atom stereocenters. The number of hydroxylamine groups is 1. The van der Waals surface area contributed by atoms with Crippen LogP contribution in [0.2, 0.25) is 5.02 Å². The Bertz CT molecular complexity index is 953. The van der Waals surface area contributed by atoms with Crippen LogP contribution in [-0.4, -0.2) is 39.5 Å². The summed E-state index contributed by atoms with van der Waals surface area (Å²) in [5.41, 5.74) is 1.50. The smallest absolute Gasteiger partial charge is 0.264 e. The number of rotatable bonds is 7. The predicted octanol–water partition coefficient (Wildman–Crippen LogP) is 3.76. The Balaban J connectivity index is 1.72. The second-order valence-electron chi connectivity index (χ2n) is 7.30. The van der Waals surface area contributed by atoms with E-state index in [2.05, 4.69) is 5.32 Å². The average molecular weight is 437 g/mol. The van der Waals surface area contributed by atoms with E-state index >= 15 is 0 Å². The zero-order chi connectivity index (χ0) is 21.1. The Morgan fingerprint density at radius 2 is 1.69 bits per heavy atom. The third-order valence-corrected chi connectivity index (χ3v) is 7.56. The van der Waals surface area contributed by atoms with E-state index in [-0.39, 0.29) is 16.2 Å². The van der Waals surface area contributed by atoms with Crippen molar-refractivity contribution in [2.75, 3.05) is 20.7 Å². The Kier molecular flexibility index (Phi) is 6.63. The maximum Gasteiger partial charge on any atom is 0.264 e. The minimum absolute atomic E-state index is 0.0619. The van der Waals surface area contributed by atoms with Crippen molar-refractivity contribution < 1.29 is 18.0 Å². The summed E-state index contributed by atoms with van der Waals surface area (Å²) in [5, 5.41) is 3.73. The average Bonchev–Trinajstić information content (AvgIpc) is 3.22. The van der Waals surface area contributed by atoms with Crippen LogP contribution >= 0.6 is 11.6 Å². The van der Waals surface area contributed by atoms with Gasteiger partial charge in [-0.1, -0.05) is 41.0 Å². The lowest BCUT2D eigenvalue weighted by molar-refractivity contribution is -0.0258. The van der Waals surface area contributed by atoms with E-state index in [1.54, 1.807) is 0 Å². The number of nitrogens with zero attached hydrogens (tertiary/aromatic N) is 1. The van der Waals surface area contributed by atoms with Gasteiger partial charge in [-0.05, 0) is 54.8 Å². The summed E-state index contributed by atoms with van der Waals surface area (Å²) in [5.74, 6) is -0.228. The molecule has 0 spiro atoms. The summed E-state index contributed by atoms with van der Waals surface area (Å²) in [6.45, 7) is 0.528. The molecule has 0 aliphatic heterocycles. The Hall–Kier alpha value is -1.93. The normalized spacial score (nSPS) is 16.1. The highest BCUT2D eigenvalue weighted by Crippen LogP contribution is 2.41. The van der Waals surface area contributed by atoms with Gasteiger partial charge in [0, 0.05) is 29.6 Å². The third kappa shape index (κ3) is 4.64. The molecule has 1 aliphatic rings. The lowest BCUT2D eigenvalue weighted by Crippen LogP contribution is -2.39. The Morgan fingerprint density at radius 1 is 1.10 bits per heavy atom. The number of benzene rings is 2. The Morgan fingerprint density at radius 3 is 2.24 bits per heavy atom. The van der Waals surface area contributed by atoms with Gasteiger partial charge in [0.15, 0.2) is 0 Å². The number of hydrogen-bond acceptors (Lipinski definition) is 4. The van der Waals surface area contributed by atoms with Crippen LogP contribution in [0.5, 0.6) is 0 Å². The fourth-order valence-corrected chi connectivity index (χ4v) is 4.90. The van der Waals surface area contributed by atoms with E-state index in [9.17, 15) is 13.2 Å². The van der Waals surface area contributed by atoms with Crippen molar-refractivity contribution in [2.45, 2.75) is 36.0 Å². The molecule has 2 aromatic carbocycles. The van der Waals surface area contributed by atoms with Gasteiger partial charge in [0.05, 0.1) is 12.0 Å². The topological polar surface area (TPSA) is 75.7 Å². The first kappa shape index (κ1) is 21.8. The fraction of sp³-hybridized carbons (Fsp3) is 0.381. The molecule has 2 aromatic rings. The van der Waals surface area contributed by atoms with E-state index in [0.717, 1.165) is 30.2 Å². The number of halogens is 1. The summed E-state index contributed by atoms with van der Waals surface area (Å²) < 4.78 is 25.3. The molecule has 0 radical (unpaired) electrons. The molecular weight excluding hydrogens is 412 g/mol. The zero-order valence-electron chi connectivity index (χ0n) is 16.5. The summed E-state index contributed by atoms with van der Waals surface area (Å²) in [6.07, 6.45) is 4.26. The molecule has 1 amide bonds. The van der Waals surface area contributed by atoms with E-state index < -0.39 is 10.0 Å². The van der Waals surface area contributed by atoms with Gasteiger partial charge in [-0.2, -0.15) is 0 Å². The van der Waals surface area contributed by atoms with Crippen LogP contribution in [0, 0.1) is 0 Å². The molecule has 3 rings (SSSR count). The van der Waals surface area contributed by atoms with Gasteiger partial charge in [0.2, 0.25) is 0 Å². The molecule has 8 heteroatoms. The molecule has 29 heavy (non-hydrogen) atoms. The monoisotopic (exact) mass is 436 g/mol. The number of carbonyl (C=O) groups is 1. The summed E-state index contributed by atoms with van der Waals surface area (Å²) in [6, 6.07) is 13.7. The van der Waals surface area contributed by atoms with Gasteiger partial charge in [-0.3, -0.25) is 9.63 Å². The van der Waals surface area contributed by atoms with Crippen LogP contribution in [0.4, 0.5) is 0 Å². The first-order valence-electron chi connectivity index (χ1n) is 9.46. The highest BCUT2D eigenvalue weighted by molar-refractivity contribution is 7.89. The van der Waals surface area contributed by atoms with Crippen molar-refractivity contribution in [3.8, 4) is 0 Å². The molecule has 0 atom stereocenters. The SMILES string of the molecule is CON(C)S(=O)(=O)c1ccc(C(=O)NCC2(c3ccc(Cl)cc3)CCCC2)cc1. The van der Waals surface area contributed by atoms with E-state index in [0.29, 0.717) is 17.1 Å². The number of hydrogen-bond donors (Lipinski definition) is 1. The molecule has 1 aliphatic carbocycles. The number of sulfonamides is 1. The molecule has 6 nitrogen and oxygen atoms in total. The fourth-order valence-electron chi connectivity index (χ4n) is 3.80. The van der Waals surface area contributed by atoms with E-state index in [4.69, 9.17) is 16.4 Å². The first-order valence-corrected chi connectivity index (χ1v) is 11.3. The summed E-state index contributed by atoms with van der Waals surface area (Å²) in [7, 11) is -1.15. The van der Waals surface area contributed by atoms with Crippen molar-refractivity contribution >= 4 is 27.5 Å². The van der Waals surface area contributed by atoms with Gasteiger partial charge in [-0.15, -0.1) is 0 Å². The van der Waals surface area contributed by atoms with Gasteiger partial charge in [0.25, 0.3) is 15.9 Å². The largest absolute Gasteiger partial charge is 0.351 e. The van der Waals surface area contributed by atoms with Crippen molar-refractivity contribution in [1.82, 2.24) is 9.79 Å². The van der Waals surface area contributed by atoms with Crippen molar-refractivity contribution in [3.05, 3.63) is 64.7 Å². The van der Waals surface area contributed by atoms with Gasteiger partial charge >= 0.3 is 0 Å². The van der Waals surface area contributed by atoms with Gasteiger partial charge in [-0.25, -0.2) is 8.42 Å². The van der Waals surface area contributed by atoms with Crippen molar-refractivity contribution in [3.63, 3.8) is 0 Å². The highest BCUT2D eigenvalue weighted by Gasteiger charge is 2.36. The third-order valence-electron chi connectivity index (χ3n) is 5.61. The maximum absolute atomic E-state index is 12.7. The van der Waals surface area contributed by atoms with E-state index in [1.165, 1.54) is 44.0 Å². The number of amides is 1. The molecule has 1 saturated carbocycles. The Labute approximate surface area is 176 Å². The van der Waals surface area contributed by atoms with Crippen LogP contribution in [0.25, 0.3) is 0 Å². The second-order valence-corrected chi connectivity index (χ2v) is 9.67. The highest BCUT2D eigenvalue weighted by atomic mass is 35.5. The molecular formula is C21H25ClN2O4S. The maximum atomic E-state index is 12.7. The molecule has 0 saturated heterocycles. The van der Waals surface area contributed by atoms with Crippen molar-refractivity contribution in [2.24, 2.45) is 0 Å². The second kappa shape index (κ2) is 8.83. The molecule has 0 heterocycles. The van der Waals surface area contributed by atoms with Crippen LogP contribution < -0.4 is 5.32 Å². The number of nitrogens with one attached hydrogen (secondary N) is 1. The molecule has 1 fully saturated rings. The molecule has 156 valence electrons. The summed E-state index contributed by atoms with van der Waals surface area (Å²) in [4.78, 5) is 17.5. The number of carbonyl (C=O) groups excluding carboxylic acids is 1. The van der Waals surface area contributed by atoms with Gasteiger partial charge < -0.3 is 5.32 Å². The molecule has 1 N–H and O–H groups in total. The van der Waals surface area contributed by atoms with E-state index in [1.807, 2.05) is 24.3 Å². The quantitative estimate of drug-likeness (QED) is 0.670. The first-order chi connectivity index (χ1) is 13.8. The zero-order valence-corrected chi connectivity index (χ0v) is 18.1. The lowest BCUT2D eigenvalue weighted by Gasteiger charge is -2.30. The summed E-state index contributed by atoms with van der Waals surface area (Å²) >= 11 is 6.02. The lowest BCUT2D eigenvalue weighted by atomic mass is 9.79. The minimum atomic E-state index is -3.74. The molecule has 0 bridgehead atoms. The predicted molar refractivity (Wildman–Crippen MR) is 112 cm³/mol. The minimum Gasteiger partial charge on any atom is -0.351 e. The van der Waals surface area contributed by atoms with Crippen LogP contribution in [0.15, 0.2) is 53.4 Å². The molecule has 0 aromatic heterocycles. The van der Waals surface area contributed by atoms with Crippen LogP contribution in [0.3, 0.4) is 0 Å².